The van der Waals surface area contributed by atoms with Crippen molar-refractivity contribution in [2.75, 3.05) is 6.54 Å². The molecule has 5 nitrogen and oxygen atoms in total. The van der Waals surface area contributed by atoms with E-state index in [1.807, 2.05) is 38.1 Å². The Kier molecular flexibility index (Phi) is 4.19. The van der Waals surface area contributed by atoms with Crippen LogP contribution in [0, 0.1) is 6.92 Å². The van der Waals surface area contributed by atoms with Crippen molar-refractivity contribution >= 4 is 5.91 Å². The van der Waals surface area contributed by atoms with Crippen LogP contribution in [0.1, 0.15) is 22.8 Å². The molecule has 1 amide bonds. The first-order valence-corrected chi connectivity index (χ1v) is 7.47. The Morgan fingerprint density at radius 1 is 1.04 bits per heavy atom. The van der Waals surface area contributed by atoms with Gasteiger partial charge >= 0.3 is 0 Å². The van der Waals surface area contributed by atoms with Gasteiger partial charge in [-0.2, -0.15) is 0 Å². The molecule has 0 bridgehead atoms. The topological polar surface area (TPSA) is 68.0 Å². The third-order valence-electron chi connectivity index (χ3n) is 3.53. The van der Waals surface area contributed by atoms with Crippen LogP contribution < -0.4 is 5.32 Å². The number of hydrogen-bond acceptors (Lipinski definition) is 4. The fourth-order valence-corrected chi connectivity index (χ4v) is 2.29. The van der Waals surface area contributed by atoms with E-state index in [4.69, 9.17) is 4.42 Å². The van der Waals surface area contributed by atoms with E-state index >= 15 is 0 Å². The minimum absolute atomic E-state index is 0.0924. The Hall–Kier alpha value is -2.95. The van der Waals surface area contributed by atoms with Crippen molar-refractivity contribution in [2.24, 2.45) is 0 Å². The van der Waals surface area contributed by atoms with Crippen LogP contribution in [0.2, 0.25) is 0 Å². The number of hydrogen-bond donors (Lipinski definition) is 1. The normalized spacial score (nSPS) is 10.5. The van der Waals surface area contributed by atoms with E-state index in [9.17, 15) is 4.79 Å². The molecule has 0 aliphatic rings. The minimum atomic E-state index is -0.0924. The number of carbonyl (C=O) groups is 1. The van der Waals surface area contributed by atoms with Gasteiger partial charge in [0.25, 0.3) is 5.91 Å². The number of aryl methyl sites for hydroxylation is 1. The van der Waals surface area contributed by atoms with Gasteiger partial charge in [-0.1, -0.05) is 18.2 Å². The van der Waals surface area contributed by atoms with Gasteiger partial charge in [0, 0.05) is 23.2 Å². The van der Waals surface area contributed by atoms with Gasteiger partial charge < -0.3 is 9.73 Å². The van der Waals surface area contributed by atoms with Crippen LogP contribution in [0.25, 0.3) is 22.9 Å². The maximum absolute atomic E-state index is 11.8. The van der Waals surface area contributed by atoms with Gasteiger partial charge in [-0.3, -0.25) is 4.79 Å². The summed E-state index contributed by atoms with van der Waals surface area (Å²) < 4.78 is 5.76. The molecule has 0 radical (unpaired) electrons. The highest BCUT2D eigenvalue weighted by Crippen LogP contribution is 2.26. The zero-order valence-electron chi connectivity index (χ0n) is 13.0. The van der Waals surface area contributed by atoms with E-state index in [-0.39, 0.29) is 5.91 Å². The molecule has 116 valence electrons. The number of nitrogens with zero attached hydrogens (tertiary/aromatic N) is 2. The molecule has 0 aliphatic heterocycles. The van der Waals surface area contributed by atoms with Crippen LogP contribution in [0.5, 0.6) is 0 Å². The predicted octanol–water partition coefficient (Wildman–Crippen LogP) is 3.46. The van der Waals surface area contributed by atoms with E-state index < -0.39 is 0 Å². The van der Waals surface area contributed by atoms with Crippen LogP contribution in [-0.2, 0) is 0 Å². The van der Waals surface area contributed by atoms with Gasteiger partial charge in [-0.25, -0.2) is 0 Å². The van der Waals surface area contributed by atoms with Crippen molar-refractivity contribution in [1.82, 2.24) is 15.5 Å². The molecular weight excluding hydrogens is 290 g/mol. The lowest BCUT2D eigenvalue weighted by Crippen LogP contribution is -2.22. The quantitative estimate of drug-likeness (QED) is 0.801. The highest BCUT2D eigenvalue weighted by atomic mass is 16.4. The maximum Gasteiger partial charge on any atom is 0.251 e. The summed E-state index contributed by atoms with van der Waals surface area (Å²) >= 11 is 0. The Morgan fingerprint density at radius 2 is 1.74 bits per heavy atom. The lowest BCUT2D eigenvalue weighted by Gasteiger charge is -2.02. The molecule has 0 atom stereocenters. The van der Waals surface area contributed by atoms with Gasteiger partial charge in [-0.05, 0) is 49.7 Å². The smallest absolute Gasteiger partial charge is 0.251 e. The number of aromatic nitrogens is 2. The van der Waals surface area contributed by atoms with Crippen LogP contribution in [0.4, 0.5) is 0 Å². The first kappa shape index (κ1) is 15.0. The molecular formula is C18H17N3O2. The molecule has 0 fully saturated rings. The van der Waals surface area contributed by atoms with E-state index in [0.717, 1.165) is 16.7 Å². The molecule has 1 N–H and O–H groups in total. The third-order valence-corrected chi connectivity index (χ3v) is 3.53. The largest absolute Gasteiger partial charge is 0.416 e. The van der Waals surface area contributed by atoms with Gasteiger partial charge in [0.05, 0.1) is 0 Å². The zero-order valence-corrected chi connectivity index (χ0v) is 13.0. The van der Waals surface area contributed by atoms with Crippen LogP contribution in [0.3, 0.4) is 0 Å². The number of amides is 1. The van der Waals surface area contributed by atoms with Gasteiger partial charge in [0.1, 0.15) is 0 Å². The first-order chi connectivity index (χ1) is 11.2. The number of carbonyl (C=O) groups excluding carboxylic acids is 1. The third kappa shape index (κ3) is 3.13. The molecule has 23 heavy (non-hydrogen) atoms. The van der Waals surface area contributed by atoms with Crippen LogP contribution in [-0.4, -0.2) is 22.6 Å². The number of benzene rings is 2. The molecule has 3 aromatic rings. The van der Waals surface area contributed by atoms with E-state index in [1.165, 1.54) is 0 Å². The van der Waals surface area contributed by atoms with Crippen molar-refractivity contribution in [3.63, 3.8) is 0 Å². The van der Waals surface area contributed by atoms with Crippen molar-refractivity contribution in [1.29, 1.82) is 0 Å². The summed E-state index contributed by atoms with van der Waals surface area (Å²) in [6.45, 7) is 4.49. The molecule has 5 heteroatoms. The average Bonchev–Trinajstić information content (AvgIpc) is 3.05. The molecule has 3 rings (SSSR count). The summed E-state index contributed by atoms with van der Waals surface area (Å²) in [5.74, 6) is 0.835. The second kappa shape index (κ2) is 6.44. The molecule has 0 unspecified atom stereocenters. The summed E-state index contributed by atoms with van der Waals surface area (Å²) in [6, 6.07) is 15.0. The number of rotatable bonds is 4. The fraction of sp³-hybridized carbons (Fsp3) is 0.167. The number of nitrogens with one attached hydrogen (secondary N) is 1. The van der Waals surface area contributed by atoms with E-state index in [2.05, 4.69) is 15.5 Å². The second-order valence-corrected chi connectivity index (χ2v) is 5.16. The molecule has 2 aromatic carbocycles. The molecule has 0 saturated heterocycles. The van der Waals surface area contributed by atoms with E-state index in [1.54, 1.807) is 24.3 Å². The Bertz CT molecular complexity index is 822. The predicted molar refractivity (Wildman–Crippen MR) is 87.9 cm³/mol. The highest BCUT2D eigenvalue weighted by molar-refractivity contribution is 5.94. The first-order valence-electron chi connectivity index (χ1n) is 7.47. The van der Waals surface area contributed by atoms with Crippen molar-refractivity contribution < 1.29 is 9.21 Å². The summed E-state index contributed by atoms with van der Waals surface area (Å²) in [5, 5.41) is 11.0. The second-order valence-electron chi connectivity index (χ2n) is 5.16. The summed E-state index contributed by atoms with van der Waals surface area (Å²) in [4.78, 5) is 11.8. The standard InChI is InChI=1S/C18H17N3O2/c1-3-19-16(22)13-8-10-14(11-9-13)17-20-21-18(23-17)15-7-5-4-6-12(15)2/h4-11H,3H2,1-2H3,(H,19,22). The van der Waals surface area contributed by atoms with Crippen molar-refractivity contribution in [3.05, 3.63) is 59.7 Å². The Balaban J connectivity index is 1.86. The zero-order chi connectivity index (χ0) is 16.2. The minimum Gasteiger partial charge on any atom is -0.416 e. The van der Waals surface area contributed by atoms with Crippen molar-refractivity contribution in [2.45, 2.75) is 13.8 Å². The van der Waals surface area contributed by atoms with Gasteiger partial charge in [0.15, 0.2) is 0 Å². The fourth-order valence-electron chi connectivity index (χ4n) is 2.29. The average molecular weight is 307 g/mol. The summed E-state index contributed by atoms with van der Waals surface area (Å²) in [6.07, 6.45) is 0. The van der Waals surface area contributed by atoms with E-state index in [0.29, 0.717) is 23.9 Å². The molecule has 0 spiro atoms. The SMILES string of the molecule is CCNC(=O)c1ccc(-c2nnc(-c3ccccc3C)o2)cc1. The molecule has 0 aliphatic carbocycles. The lowest BCUT2D eigenvalue weighted by molar-refractivity contribution is 0.0956. The van der Waals surface area contributed by atoms with Crippen molar-refractivity contribution in [3.8, 4) is 22.9 Å². The molecule has 1 aromatic heterocycles. The Morgan fingerprint density at radius 3 is 2.43 bits per heavy atom. The van der Waals surface area contributed by atoms with Gasteiger partial charge in [-0.15, -0.1) is 10.2 Å². The maximum atomic E-state index is 11.8. The van der Waals surface area contributed by atoms with Crippen LogP contribution in [0.15, 0.2) is 52.9 Å². The summed E-state index contributed by atoms with van der Waals surface area (Å²) in [5.41, 5.74) is 3.39. The van der Waals surface area contributed by atoms with Crippen LogP contribution >= 0.6 is 0 Å². The summed E-state index contributed by atoms with van der Waals surface area (Å²) in [7, 11) is 0. The molecule has 0 saturated carbocycles. The van der Waals surface area contributed by atoms with Gasteiger partial charge in [0.2, 0.25) is 11.8 Å². The molecule has 1 heterocycles. The monoisotopic (exact) mass is 307 g/mol. The highest BCUT2D eigenvalue weighted by Gasteiger charge is 2.12. The lowest BCUT2D eigenvalue weighted by atomic mass is 10.1. The Labute approximate surface area is 134 Å².